The van der Waals surface area contributed by atoms with E-state index in [0.29, 0.717) is 43.9 Å². The zero-order chi connectivity index (χ0) is 19.7. The number of benzene rings is 1. The fourth-order valence-corrected chi connectivity index (χ4v) is 3.87. The maximum atomic E-state index is 13.6. The van der Waals surface area contributed by atoms with Crippen LogP contribution in [0.15, 0.2) is 42.6 Å². The molecule has 0 atom stereocenters. The molecule has 28 heavy (non-hydrogen) atoms. The van der Waals surface area contributed by atoms with Crippen molar-refractivity contribution >= 4 is 17.5 Å². The Balaban J connectivity index is 1.47. The van der Waals surface area contributed by atoms with E-state index in [4.69, 9.17) is 4.74 Å². The Kier molecular flexibility index (Phi) is 4.85. The molecule has 2 aromatic rings. The summed E-state index contributed by atoms with van der Waals surface area (Å²) >= 11 is 0. The molecule has 0 bridgehead atoms. The molecule has 2 amide bonds. The third-order valence-corrected chi connectivity index (χ3v) is 5.54. The number of pyridine rings is 1. The van der Waals surface area contributed by atoms with Crippen LogP contribution in [-0.2, 0) is 9.53 Å². The topological polar surface area (TPSA) is 62.7 Å². The van der Waals surface area contributed by atoms with Crippen molar-refractivity contribution in [2.75, 3.05) is 31.1 Å². The first-order valence-corrected chi connectivity index (χ1v) is 9.38. The Labute approximate surface area is 162 Å². The Morgan fingerprint density at radius 2 is 2.00 bits per heavy atom. The highest BCUT2D eigenvalue weighted by Crippen LogP contribution is 2.33. The highest BCUT2D eigenvalue weighted by atomic mass is 19.1. The van der Waals surface area contributed by atoms with Gasteiger partial charge in [-0.2, -0.15) is 0 Å². The van der Waals surface area contributed by atoms with Crippen LogP contribution < -0.4 is 4.90 Å². The molecule has 3 heterocycles. The normalized spacial score (nSPS) is 19.1. The van der Waals surface area contributed by atoms with Gasteiger partial charge < -0.3 is 14.5 Å². The second-order valence-corrected chi connectivity index (χ2v) is 7.39. The quantitative estimate of drug-likeness (QED) is 0.800. The van der Waals surface area contributed by atoms with Gasteiger partial charge in [-0.3, -0.25) is 14.6 Å². The number of rotatable bonds is 2. The smallest absolute Gasteiger partial charge is 0.272 e. The van der Waals surface area contributed by atoms with Gasteiger partial charge in [-0.05, 0) is 49.6 Å². The lowest BCUT2D eigenvalue weighted by Crippen LogP contribution is -2.59. The van der Waals surface area contributed by atoms with Crippen LogP contribution in [0.2, 0.25) is 0 Å². The highest BCUT2D eigenvalue weighted by molar-refractivity contribution is 5.95. The number of likely N-dealkylation sites (tertiary alicyclic amines) is 1. The van der Waals surface area contributed by atoms with Crippen LogP contribution in [0.3, 0.4) is 0 Å². The molecule has 1 aromatic heterocycles. The summed E-state index contributed by atoms with van der Waals surface area (Å²) in [5.41, 5.74) is 1.34. The van der Waals surface area contributed by atoms with Crippen LogP contribution in [0, 0.1) is 12.7 Å². The van der Waals surface area contributed by atoms with Gasteiger partial charge in [0.1, 0.15) is 18.1 Å². The molecule has 4 rings (SSSR count). The van der Waals surface area contributed by atoms with Crippen molar-refractivity contribution in [2.45, 2.75) is 25.4 Å². The number of piperidine rings is 1. The summed E-state index contributed by atoms with van der Waals surface area (Å²) in [5, 5.41) is 0. The maximum Gasteiger partial charge on any atom is 0.272 e. The zero-order valence-corrected chi connectivity index (χ0v) is 15.7. The molecule has 0 radical (unpaired) electrons. The number of aromatic nitrogens is 1. The summed E-state index contributed by atoms with van der Waals surface area (Å²) in [5.74, 6) is -0.641. The molecule has 6 nitrogen and oxygen atoms in total. The monoisotopic (exact) mass is 383 g/mol. The van der Waals surface area contributed by atoms with E-state index >= 15 is 0 Å². The summed E-state index contributed by atoms with van der Waals surface area (Å²) in [6.07, 6.45) is 2.85. The second kappa shape index (κ2) is 7.31. The molecular formula is C21H22FN3O3. The number of nitrogens with zero attached hydrogens (tertiary/aromatic N) is 3. The molecule has 146 valence electrons. The highest BCUT2D eigenvalue weighted by Gasteiger charge is 2.43. The summed E-state index contributed by atoms with van der Waals surface area (Å²) < 4.78 is 19.5. The molecular weight excluding hydrogens is 361 g/mol. The molecule has 7 heteroatoms. The largest absolute Gasteiger partial charge is 0.363 e. The van der Waals surface area contributed by atoms with Gasteiger partial charge in [0, 0.05) is 25.0 Å². The van der Waals surface area contributed by atoms with E-state index in [0.717, 1.165) is 5.56 Å². The van der Waals surface area contributed by atoms with Crippen molar-refractivity contribution in [2.24, 2.45) is 0 Å². The van der Waals surface area contributed by atoms with Gasteiger partial charge in [-0.1, -0.05) is 12.1 Å². The van der Waals surface area contributed by atoms with Crippen LogP contribution in [0.1, 0.15) is 28.9 Å². The lowest BCUT2D eigenvalue weighted by molar-refractivity contribution is -0.143. The van der Waals surface area contributed by atoms with Gasteiger partial charge in [-0.25, -0.2) is 4.39 Å². The molecule has 1 spiro atoms. The van der Waals surface area contributed by atoms with E-state index in [2.05, 4.69) is 4.98 Å². The van der Waals surface area contributed by atoms with Crippen LogP contribution in [0.5, 0.6) is 0 Å². The van der Waals surface area contributed by atoms with Gasteiger partial charge in [0.05, 0.1) is 12.1 Å². The Morgan fingerprint density at radius 1 is 1.21 bits per heavy atom. The number of ether oxygens (including phenoxy) is 1. The molecule has 2 aliphatic heterocycles. The summed E-state index contributed by atoms with van der Waals surface area (Å²) in [6.45, 7) is 3.25. The molecule has 0 unspecified atom stereocenters. The first-order valence-electron chi connectivity index (χ1n) is 9.38. The van der Waals surface area contributed by atoms with E-state index in [1.54, 1.807) is 28.1 Å². The third-order valence-electron chi connectivity index (χ3n) is 5.54. The molecule has 0 saturated carbocycles. The van der Waals surface area contributed by atoms with Gasteiger partial charge in [0.15, 0.2) is 0 Å². The molecule has 2 saturated heterocycles. The fraction of sp³-hybridized carbons (Fsp3) is 0.381. The molecule has 2 aliphatic rings. The van der Waals surface area contributed by atoms with Crippen molar-refractivity contribution in [1.82, 2.24) is 9.88 Å². The number of aryl methyl sites for hydroxylation is 1. The Morgan fingerprint density at radius 3 is 2.71 bits per heavy atom. The minimum Gasteiger partial charge on any atom is -0.363 e. The van der Waals surface area contributed by atoms with E-state index in [9.17, 15) is 14.0 Å². The van der Waals surface area contributed by atoms with Gasteiger partial charge in [0.25, 0.3) is 11.8 Å². The first-order chi connectivity index (χ1) is 13.5. The number of anilines is 1. The average molecular weight is 383 g/mol. The summed E-state index contributed by atoms with van der Waals surface area (Å²) in [4.78, 5) is 32.7. The SMILES string of the molecule is Cc1cccnc1C(=O)N1CCC2(CC1)CN(c1cccc(F)c1)C(=O)CO2. The molecule has 0 N–H and O–H groups in total. The molecule has 0 aliphatic carbocycles. The lowest BCUT2D eigenvalue weighted by atomic mass is 9.88. The molecule has 2 fully saturated rings. The third kappa shape index (κ3) is 3.49. The van der Waals surface area contributed by atoms with E-state index in [1.807, 2.05) is 19.1 Å². The first kappa shape index (κ1) is 18.6. The number of amides is 2. The number of hydrogen-bond acceptors (Lipinski definition) is 4. The second-order valence-electron chi connectivity index (χ2n) is 7.39. The average Bonchev–Trinajstić information content (AvgIpc) is 2.70. The number of carbonyl (C=O) groups is 2. The van der Waals surface area contributed by atoms with Crippen molar-refractivity contribution < 1.29 is 18.7 Å². The maximum absolute atomic E-state index is 13.6. The van der Waals surface area contributed by atoms with Crippen LogP contribution in [-0.4, -0.2) is 53.5 Å². The predicted octanol–water partition coefficient (Wildman–Crippen LogP) is 2.57. The number of halogens is 1. The van der Waals surface area contributed by atoms with Crippen molar-refractivity contribution in [1.29, 1.82) is 0 Å². The van der Waals surface area contributed by atoms with Crippen molar-refractivity contribution in [3.63, 3.8) is 0 Å². The standard InChI is InChI=1S/C21H22FN3O3/c1-15-4-3-9-23-19(15)20(27)24-10-7-21(8-11-24)14-25(18(26)13-28-21)17-6-2-5-16(22)12-17/h2-6,9,12H,7-8,10-11,13-14H2,1H3. The van der Waals surface area contributed by atoms with E-state index in [1.165, 1.54) is 12.1 Å². The van der Waals surface area contributed by atoms with Gasteiger partial charge in [0.2, 0.25) is 0 Å². The Bertz CT molecular complexity index is 909. The van der Waals surface area contributed by atoms with E-state index < -0.39 is 5.60 Å². The number of morpholine rings is 1. The summed E-state index contributed by atoms with van der Waals surface area (Å²) in [7, 11) is 0. The molecule has 1 aromatic carbocycles. The van der Waals surface area contributed by atoms with Crippen molar-refractivity contribution in [3.05, 3.63) is 59.7 Å². The number of carbonyl (C=O) groups excluding carboxylic acids is 2. The van der Waals surface area contributed by atoms with Crippen molar-refractivity contribution in [3.8, 4) is 0 Å². The fourth-order valence-electron chi connectivity index (χ4n) is 3.87. The number of hydrogen-bond donors (Lipinski definition) is 0. The minimum absolute atomic E-state index is 0.0379. The van der Waals surface area contributed by atoms with Crippen LogP contribution in [0.4, 0.5) is 10.1 Å². The minimum atomic E-state index is -0.518. The van der Waals surface area contributed by atoms with Gasteiger partial charge >= 0.3 is 0 Å². The van der Waals surface area contributed by atoms with Crippen LogP contribution in [0.25, 0.3) is 0 Å². The summed E-state index contributed by atoms with van der Waals surface area (Å²) in [6, 6.07) is 9.72. The zero-order valence-electron chi connectivity index (χ0n) is 15.7. The van der Waals surface area contributed by atoms with Crippen LogP contribution >= 0.6 is 0 Å². The Hall–Kier alpha value is -2.80. The predicted molar refractivity (Wildman–Crippen MR) is 102 cm³/mol. The lowest BCUT2D eigenvalue weighted by Gasteiger charge is -2.46. The van der Waals surface area contributed by atoms with E-state index in [-0.39, 0.29) is 24.2 Å². The van der Waals surface area contributed by atoms with Gasteiger partial charge in [-0.15, -0.1) is 0 Å².